The van der Waals surface area contributed by atoms with E-state index in [1.165, 1.54) is 0 Å². The number of benzene rings is 1. The first kappa shape index (κ1) is 10.9. The molecule has 1 aliphatic carbocycles. The van der Waals surface area contributed by atoms with E-state index in [0.29, 0.717) is 10.6 Å². The van der Waals surface area contributed by atoms with Gasteiger partial charge < -0.3 is 11.1 Å². The first-order chi connectivity index (χ1) is 7.06. The van der Waals surface area contributed by atoms with Gasteiger partial charge >= 0.3 is 0 Å². The second kappa shape index (κ2) is 4.12. The Morgan fingerprint density at radius 1 is 1.53 bits per heavy atom. The third-order valence-corrected chi connectivity index (χ3v) is 2.96. The number of hydrogen-bond acceptors (Lipinski definition) is 2. The Morgan fingerprint density at radius 2 is 2.20 bits per heavy atom. The monoisotopic (exact) mass is 288 g/mol. The van der Waals surface area contributed by atoms with Gasteiger partial charge in [0.15, 0.2) is 0 Å². The van der Waals surface area contributed by atoms with Crippen LogP contribution in [0.1, 0.15) is 16.8 Å². The molecular weight excluding hydrogens is 279 g/mol. The van der Waals surface area contributed by atoms with Gasteiger partial charge in [-0.3, -0.25) is 4.79 Å². The molecule has 2 atom stereocenters. The maximum Gasteiger partial charge on any atom is 0.251 e. The summed E-state index contributed by atoms with van der Waals surface area (Å²) < 4.78 is 0.792. The quantitative estimate of drug-likeness (QED) is 0.874. The fourth-order valence-corrected chi connectivity index (χ4v) is 2.18. The lowest BCUT2D eigenvalue weighted by atomic mass is 10.2. The van der Waals surface area contributed by atoms with Gasteiger partial charge in [-0.15, -0.1) is 0 Å². The predicted octanol–water partition coefficient (Wildman–Crippen LogP) is 1.93. The van der Waals surface area contributed by atoms with Crippen LogP contribution in [0, 0.1) is 0 Å². The van der Waals surface area contributed by atoms with E-state index < -0.39 is 0 Å². The third kappa shape index (κ3) is 2.71. The Morgan fingerprint density at radius 3 is 2.73 bits per heavy atom. The van der Waals surface area contributed by atoms with Crippen molar-refractivity contribution in [3.05, 3.63) is 33.3 Å². The number of carbonyl (C=O) groups is 1. The van der Waals surface area contributed by atoms with E-state index in [-0.39, 0.29) is 18.0 Å². The number of rotatable bonds is 2. The Balaban J connectivity index is 2.11. The molecule has 0 bridgehead atoms. The minimum atomic E-state index is -0.129. The van der Waals surface area contributed by atoms with Crippen LogP contribution in [0.4, 0.5) is 0 Å². The van der Waals surface area contributed by atoms with Gasteiger partial charge in [-0.25, -0.2) is 0 Å². The first-order valence-corrected chi connectivity index (χ1v) is 5.76. The van der Waals surface area contributed by atoms with Crippen LogP contribution in [0.2, 0.25) is 5.02 Å². The molecule has 0 aromatic heterocycles. The summed E-state index contributed by atoms with van der Waals surface area (Å²) in [5.41, 5.74) is 6.15. The van der Waals surface area contributed by atoms with E-state index in [2.05, 4.69) is 21.2 Å². The topological polar surface area (TPSA) is 55.1 Å². The second-order valence-corrected chi connectivity index (χ2v) is 4.99. The molecule has 0 saturated heterocycles. The molecule has 3 N–H and O–H groups in total. The van der Waals surface area contributed by atoms with Crippen LogP contribution in [-0.2, 0) is 0 Å². The van der Waals surface area contributed by atoms with E-state index in [1.54, 1.807) is 18.2 Å². The van der Waals surface area contributed by atoms with Crippen LogP contribution < -0.4 is 11.1 Å². The Labute approximate surface area is 101 Å². The summed E-state index contributed by atoms with van der Waals surface area (Å²) in [6.07, 6.45) is 0.855. The average Bonchev–Trinajstić information content (AvgIpc) is 2.79. The normalized spacial score (nSPS) is 23.7. The molecule has 3 nitrogen and oxygen atoms in total. The first-order valence-electron chi connectivity index (χ1n) is 4.59. The van der Waals surface area contributed by atoms with Gasteiger partial charge in [0.2, 0.25) is 0 Å². The summed E-state index contributed by atoms with van der Waals surface area (Å²) in [4.78, 5) is 11.7. The molecule has 1 aliphatic rings. The van der Waals surface area contributed by atoms with Gasteiger partial charge in [0.05, 0.1) is 0 Å². The van der Waals surface area contributed by atoms with Crippen molar-refractivity contribution in [2.24, 2.45) is 5.73 Å². The highest BCUT2D eigenvalue weighted by atomic mass is 79.9. The maximum absolute atomic E-state index is 11.7. The fourth-order valence-electron chi connectivity index (χ4n) is 1.32. The highest BCUT2D eigenvalue weighted by Gasteiger charge is 2.34. The number of nitrogens with two attached hydrogens (primary N) is 1. The van der Waals surface area contributed by atoms with Gasteiger partial charge in [-0.1, -0.05) is 27.5 Å². The van der Waals surface area contributed by atoms with Crippen LogP contribution in [0.15, 0.2) is 22.7 Å². The van der Waals surface area contributed by atoms with Crippen molar-refractivity contribution >= 4 is 33.4 Å². The highest BCUT2D eigenvalue weighted by Crippen LogP contribution is 2.22. The second-order valence-electron chi connectivity index (χ2n) is 3.64. The molecule has 0 aliphatic heterocycles. The van der Waals surface area contributed by atoms with Crippen LogP contribution in [0.5, 0.6) is 0 Å². The van der Waals surface area contributed by atoms with Gasteiger partial charge in [-0.05, 0) is 24.6 Å². The van der Waals surface area contributed by atoms with Crippen LogP contribution in [-0.4, -0.2) is 18.0 Å². The Bertz CT molecular complexity index is 390. The smallest absolute Gasteiger partial charge is 0.251 e. The molecule has 80 valence electrons. The summed E-state index contributed by atoms with van der Waals surface area (Å²) in [5.74, 6) is -0.129. The van der Waals surface area contributed by atoms with Crippen molar-refractivity contribution in [2.45, 2.75) is 18.5 Å². The summed E-state index contributed by atoms with van der Waals surface area (Å²) in [7, 11) is 0. The molecule has 0 radical (unpaired) electrons. The SMILES string of the molecule is NC1CC1NC(=O)c1cc(Cl)cc(Br)c1. The molecule has 1 saturated carbocycles. The molecule has 5 heteroatoms. The summed E-state index contributed by atoms with van der Waals surface area (Å²) in [6, 6.07) is 5.33. The van der Waals surface area contributed by atoms with Gasteiger partial charge in [0.1, 0.15) is 0 Å². The molecule has 1 aromatic rings. The zero-order valence-corrected chi connectivity index (χ0v) is 10.2. The van der Waals surface area contributed by atoms with E-state index in [4.69, 9.17) is 17.3 Å². The van der Waals surface area contributed by atoms with Crippen molar-refractivity contribution in [3.8, 4) is 0 Å². The third-order valence-electron chi connectivity index (χ3n) is 2.28. The highest BCUT2D eigenvalue weighted by molar-refractivity contribution is 9.10. The number of nitrogens with one attached hydrogen (secondary N) is 1. The van der Waals surface area contributed by atoms with Crippen molar-refractivity contribution < 1.29 is 4.79 Å². The van der Waals surface area contributed by atoms with Crippen molar-refractivity contribution in [1.82, 2.24) is 5.32 Å². The van der Waals surface area contributed by atoms with Crippen molar-refractivity contribution in [2.75, 3.05) is 0 Å². The largest absolute Gasteiger partial charge is 0.348 e. The van der Waals surface area contributed by atoms with Crippen LogP contribution in [0.25, 0.3) is 0 Å². The summed E-state index contributed by atoms with van der Waals surface area (Å²) in [5, 5.41) is 3.37. The zero-order valence-electron chi connectivity index (χ0n) is 7.84. The lowest BCUT2D eigenvalue weighted by Gasteiger charge is -2.04. The lowest BCUT2D eigenvalue weighted by Crippen LogP contribution is -2.29. The molecule has 0 heterocycles. The fraction of sp³-hybridized carbons (Fsp3) is 0.300. The number of carbonyl (C=O) groups excluding carboxylic acids is 1. The van der Waals surface area contributed by atoms with E-state index in [1.807, 2.05) is 0 Å². The van der Waals surface area contributed by atoms with Gasteiger partial charge in [0.25, 0.3) is 5.91 Å². The number of hydrogen-bond donors (Lipinski definition) is 2. The number of amides is 1. The minimum Gasteiger partial charge on any atom is -0.348 e. The molecular formula is C10H10BrClN2O. The molecule has 1 amide bonds. The molecule has 1 aromatic carbocycles. The zero-order chi connectivity index (χ0) is 11.0. The molecule has 0 spiro atoms. The van der Waals surface area contributed by atoms with Crippen LogP contribution >= 0.6 is 27.5 Å². The minimum absolute atomic E-state index is 0.108. The molecule has 1 fully saturated rings. The van der Waals surface area contributed by atoms with E-state index >= 15 is 0 Å². The maximum atomic E-state index is 11.7. The van der Waals surface area contributed by atoms with Crippen molar-refractivity contribution in [3.63, 3.8) is 0 Å². The summed E-state index contributed by atoms with van der Waals surface area (Å²) >= 11 is 9.13. The lowest BCUT2D eigenvalue weighted by molar-refractivity contribution is 0.0950. The standard InChI is InChI=1S/C10H10BrClN2O/c11-6-1-5(2-7(12)3-6)10(15)14-9-4-8(9)13/h1-3,8-9H,4,13H2,(H,14,15). The predicted molar refractivity (Wildman–Crippen MR) is 63.0 cm³/mol. The van der Waals surface area contributed by atoms with Crippen molar-refractivity contribution in [1.29, 1.82) is 0 Å². The van der Waals surface area contributed by atoms with E-state index in [9.17, 15) is 4.79 Å². The number of halogens is 2. The van der Waals surface area contributed by atoms with Gasteiger partial charge in [0, 0.05) is 27.1 Å². The Hall–Kier alpha value is -0.580. The van der Waals surface area contributed by atoms with Gasteiger partial charge in [-0.2, -0.15) is 0 Å². The molecule has 2 unspecified atom stereocenters. The average molecular weight is 290 g/mol. The molecule has 15 heavy (non-hydrogen) atoms. The molecule has 2 rings (SSSR count). The Kier molecular flexibility index (Phi) is 3.00. The van der Waals surface area contributed by atoms with E-state index in [0.717, 1.165) is 10.9 Å². The summed E-state index contributed by atoms with van der Waals surface area (Å²) in [6.45, 7) is 0. The van der Waals surface area contributed by atoms with Crippen LogP contribution in [0.3, 0.4) is 0 Å².